The molecule has 0 atom stereocenters. The molecule has 1 aliphatic heterocycles. The largest absolute Gasteiger partial charge is 0.481 e. The van der Waals surface area contributed by atoms with E-state index < -0.39 is 11.8 Å². The molecule has 0 bridgehead atoms. The van der Waals surface area contributed by atoms with Crippen molar-refractivity contribution in [3.63, 3.8) is 0 Å². The molecule has 3 aromatic rings. The standard InChI is InChI=1S/C29H30FN3O3/c1-33(2)17-3-4-19-7-13-23(14-8-19)31-28(21-10-5-20(6-11-21)9-16-26(34)35)27-24-15-12-22(30)18-25(24)32-29(27)36/h5-8,10-15,18,31H,3-4,9,16-17H2,1-2H3,(H,32,36)(H,34,35). The summed E-state index contributed by atoms with van der Waals surface area (Å²) in [6.45, 7) is 1.02. The van der Waals surface area contributed by atoms with Crippen molar-refractivity contribution in [2.24, 2.45) is 0 Å². The van der Waals surface area contributed by atoms with Crippen molar-refractivity contribution < 1.29 is 19.1 Å². The number of halogens is 1. The highest BCUT2D eigenvalue weighted by Gasteiger charge is 2.28. The molecule has 0 spiro atoms. The maximum absolute atomic E-state index is 13.8. The molecule has 0 fully saturated rings. The third kappa shape index (κ3) is 6.17. The van der Waals surface area contributed by atoms with E-state index in [-0.39, 0.29) is 12.3 Å². The number of carbonyl (C=O) groups is 2. The average Bonchev–Trinajstić information content (AvgIpc) is 3.16. The Balaban J connectivity index is 1.67. The maximum Gasteiger partial charge on any atom is 0.303 e. The fourth-order valence-corrected chi connectivity index (χ4v) is 4.26. The van der Waals surface area contributed by atoms with E-state index in [1.165, 1.54) is 17.7 Å². The Labute approximate surface area is 210 Å². The first-order valence-corrected chi connectivity index (χ1v) is 12.0. The lowest BCUT2D eigenvalue weighted by Gasteiger charge is -2.16. The van der Waals surface area contributed by atoms with E-state index in [2.05, 4.69) is 41.8 Å². The molecular weight excluding hydrogens is 457 g/mol. The van der Waals surface area contributed by atoms with Gasteiger partial charge in [0.25, 0.3) is 5.91 Å². The predicted octanol–water partition coefficient (Wildman–Crippen LogP) is 5.27. The molecule has 3 N–H and O–H groups in total. The molecule has 0 aliphatic carbocycles. The molecule has 186 valence electrons. The van der Waals surface area contributed by atoms with E-state index in [1.54, 1.807) is 6.07 Å². The van der Waals surface area contributed by atoms with Gasteiger partial charge in [-0.15, -0.1) is 0 Å². The third-order valence-corrected chi connectivity index (χ3v) is 6.14. The summed E-state index contributed by atoms with van der Waals surface area (Å²) in [5.41, 5.74) is 5.81. The molecule has 1 heterocycles. The number of anilines is 2. The predicted molar refractivity (Wildman–Crippen MR) is 141 cm³/mol. The number of aryl methyl sites for hydroxylation is 2. The van der Waals surface area contributed by atoms with Crippen LogP contribution in [0.4, 0.5) is 15.8 Å². The lowest BCUT2D eigenvalue weighted by Crippen LogP contribution is -2.13. The van der Waals surface area contributed by atoms with Crippen molar-refractivity contribution in [2.45, 2.75) is 25.7 Å². The van der Waals surface area contributed by atoms with Gasteiger partial charge in [-0.25, -0.2) is 4.39 Å². The molecule has 4 rings (SSSR count). The molecule has 1 aliphatic rings. The zero-order valence-corrected chi connectivity index (χ0v) is 20.5. The number of carbonyl (C=O) groups excluding carboxylic acids is 1. The van der Waals surface area contributed by atoms with Gasteiger partial charge in [-0.2, -0.15) is 0 Å². The molecule has 36 heavy (non-hydrogen) atoms. The topological polar surface area (TPSA) is 81.7 Å². The van der Waals surface area contributed by atoms with Crippen molar-refractivity contribution in [1.29, 1.82) is 0 Å². The van der Waals surface area contributed by atoms with Gasteiger partial charge in [-0.05, 0) is 86.9 Å². The Kier molecular flexibility index (Phi) is 7.80. The molecule has 0 saturated carbocycles. The molecular formula is C29H30FN3O3. The highest BCUT2D eigenvalue weighted by Crippen LogP contribution is 2.38. The molecule has 6 nitrogen and oxygen atoms in total. The molecule has 0 saturated heterocycles. The molecule has 0 unspecified atom stereocenters. The van der Waals surface area contributed by atoms with E-state index in [0.717, 1.165) is 36.2 Å². The van der Waals surface area contributed by atoms with E-state index in [4.69, 9.17) is 5.11 Å². The van der Waals surface area contributed by atoms with Gasteiger partial charge in [-0.1, -0.05) is 36.4 Å². The minimum atomic E-state index is -0.847. The van der Waals surface area contributed by atoms with Crippen LogP contribution in [0.5, 0.6) is 0 Å². The number of carboxylic acids is 1. The SMILES string of the molecule is CN(C)CCCc1ccc(NC(=C2C(=O)Nc3cc(F)ccc32)c2ccc(CCC(=O)O)cc2)cc1. The van der Waals surface area contributed by atoms with Crippen LogP contribution in [0, 0.1) is 5.82 Å². The number of hydrogen-bond donors (Lipinski definition) is 3. The second kappa shape index (κ2) is 11.2. The van der Waals surface area contributed by atoms with E-state index in [1.807, 2.05) is 36.4 Å². The number of amides is 1. The van der Waals surface area contributed by atoms with Crippen LogP contribution in [0.15, 0.2) is 66.7 Å². The highest BCUT2D eigenvalue weighted by atomic mass is 19.1. The normalized spacial score (nSPS) is 13.9. The zero-order valence-electron chi connectivity index (χ0n) is 20.5. The first-order valence-electron chi connectivity index (χ1n) is 12.0. The third-order valence-electron chi connectivity index (χ3n) is 6.14. The number of nitrogens with zero attached hydrogens (tertiary/aromatic N) is 1. The second-order valence-corrected chi connectivity index (χ2v) is 9.21. The number of nitrogens with one attached hydrogen (secondary N) is 2. The van der Waals surface area contributed by atoms with Crippen LogP contribution in [-0.4, -0.2) is 42.5 Å². The van der Waals surface area contributed by atoms with Crippen LogP contribution in [0.1, 0.15) is 35.1 Å². The van der Waals surface area contributed by atoms with Gasteiger partial charge in [-0.3, -0.25) is 9.59 Å². The van der Waals surface area contributed by atoms with Crippen LogP contribution >= 0.6 is 0 Å². The summed E-state index contributed by atoms with van der Waals surface area (Å²) in [7, 11) is 4.12. The van der Waals surface area contributed by atoms with Gasteiger partial charge < -0.3 is 20.6 Å². The Hall–Kier alpha value is -3.97. The number of rotatable bonds is 10. The quantitative estimate of drug-likeness (QED) is 0.340. The van der Waals surface area contributed by atoms with Crippen molar-refractivity contribution >= 4 is 34.5 Å². The monoisotopic (exact) mass is 487 g/mol. The molecule has 0 radical (unpaired) electrons. The summed E-state index contributed by atoms with van der Waals surface area (Å²) >= 11 is 0. The van der Waals surface area contributed by atoms with E-state index in [0.29, 0.717) is 28.9 Å². The Morgan fingerprint density at radius 1 is 0.972 bits per heavy atom. The van der Waals surface area contributed by atoms with Gasteiger partial charge >= 0.3 is 5.97 Å². The summed E-state index contributed by atoms with van der Waals surface area (Å²) in [5, 5.41) is 15.1. The van der Waals surface area contributed by atoms with Crippen LogP contribution in [0.3, 0.4) is 0 Å². The smallest absolute Gasteiger partial charge is 0.303 e. The van der Waals surface area contributed by atoms with Gasteiger partial charge in [0.1, 0.15) is 5.82 Å². The van der Waals surface area contributed by atoms with Crippen LogP contribution in [0.25, 0.3) is 11.3 Å². The lowest BCUT2D eigenvalue weighted by molar-refractivity contribution is -0.137. The Morgan fingerprint density at radius 3 is 2.31 bits per heavy atom. The fraction of sp³-hybridized carbons (Fsp3) is 0.241. The van der Waals surface area contributed by atoms with E-state index >= 15 is 0 Å². The number of fused-ring (bicyclic) bond motifs is 1. The van der Waals surface area contributed by atoms with E-state index in [9.17, 15) is 14.0 Å². The van der Waals surface area contributed by atoms with Gasteiger partial charge in [0.05, 0.1) is 17.0 Å². The number of hydrogen-bond acceptors (Lipinski definition) is 4. The summed E-state index contributed by atoms with van der Waals surface area (Å²) in [6, 6.07) is 19.9. The Bertz CT molecular complexity index is 1280. The van der Waals surface area contributed by atoms with Crippen molar-refractivity contribution in [1.82, 2.24) is 4.90 Å². The molecule has 1 amide bonds. The van der Waals surface area contributed by atoms with Gasteiger partial charge in [0.15, 0.2) is 0 Å². The number of benzene rings is 3. The number of carboxylic acid groups (broad SMARTS) is 1. The highest BCUT2D eigenvalue weighted by molar-refractivity contribution is 6.37. The van der Waals surface area contributed by atoms with Crippen molar-refractivity contribution in [3.8, 4) is 0 Å². The zero-order chi connectivity index (χ0) is 25.7. The fourth-order valence-electron chi connectivity index (χ4n) is 4.26. The van der Waals surface area contributed by atoms with Crippen LogP contribution < -0.4 is 10.6 Å². The molecule has 3 aromatic carbocycles. The second-order valence-electron chi connectivity index (χ2n) is 9.21. The lowest BCUT2D eigenvalue weighted by atomic mass is 9.98. The Morgan fingerprint density at radius 2 is 1.64 bits per heavy atom. The minimum absolute atomic E-state index is 0.0494. The van der Waals surface area contributed by atoms with Gasteiger partial charge in [0, 0.05) is 17.7 Å². The summed E-state index contributed by atoms with van der Waals surface area (Å²) in [4.78, 5) is 26.1. The van der Waals surface area contributed by atoms with Crippen molar-refractivity contribution in [3.05, 3.63) is 94.8 Å². The first kappa shape index (κ1) is 25.1. The number of aliphatic carboxylic acids is 1. The maximum atomic E-state index is 13.8. The minimum Gasteiger partial charge on any atom is -0.481 e. The van der Waals surface area contributed by atoms with Gasteiger partial charge in [0.2, 0.25) is 0 Å². The summed E-state index contributed by atoms with van der Waals surface area (Å²) in [6.07, 6.45) is 2.52. The summed E-state index contributed by atoms with van der Waals surface area (Å²) in [5.74, 6) is -1.58. The van der Waals surface area contributed by atoms with Crippen molar-refractivity contribution in [2.75, 3.05) is 31.3 Å². The van der Waals surface area contributed by atoms with Crippen LogP contribution in [-0.2, 0) is 22.4 Å². The van der Waals surface area contributed by atoms with Crippen LogP contribution in [0.2, 0.25) is 0 Å². The molecule has 7 heteroatoms. The average molecular weight is 488 g/mol. The first-order chi connectivity index (χ1) is 17.3. The summed E-state index contributed by atoms with van der Waals surface area (Å²) < 4.78 is 13.8. The molecule has 0 aromatic heterocycles.